The standard InChI is InChI=1S/C11H24N4O2/c1-8-5-15(6-9(2)14(8)3)10(7-17-4)11(16)13-12/h8-10H,5-7,12H2,1-4H3,(H,13,16). The lowest BCUT2D eigenvalue weighted by Crippen LogP contribution is -2.61. The molecule has 0 spiro atoms. The molecule has 1 aliphatic heterocycles. The van der Waals surface area contributed by atoms with E-state index in [1.807, 2.05) is 0 Å². The van der Waals surface area contributed by atoms with Crippen molar-refractivity contribution in [2.45, 2.75) is 32.0 Å². The Balaban J connectivity index is 2.71. The summed E-state index contributed by atoms with van der Waals surface area (Å²) in [4.78, 5) is 16.2. The SMILES string of the molecule is COCC(C(=O)NN)N1CC(C)N(C)C(C)C1. The third-order valence-electron chi connectivity index (χ3n) is 3.60. The fourth-order valence-electron chi connectivity index (χ4n) is 2.30. The molecule has 1 fully saturated rings. The van der Waals surface area contributed by atoms with Gasteiger partial charge in [0.05, 0.1) is 6.61 Å². The first-order valence-electron chi connectivity index (χ1n) is 5.96. The predicted molar refractivity (Wildman–Crippen MR) is 66.3 cm³/mol. The number of rotatable bonds is 4. The fourth-order valence-corrected chi connectivity index (χ4v) is 2.30. The molecule has 1 heterocycles. The summed E-state index contributed by atoms with van der Waals surface area (Å²) in [6.07, 6.45) is 0. The van der Waals surface area contributed by atoms with Crippen LogP contribution in [0.25, 0.3) is 0 Å². The van der Waals surface area contributed by atoms with E-state index >= 15 is 0 Å². The Hall–Kier alpha value is -0.690. The van der Waals surface area contributed by atoms with Crippen molar-refractivity contribution < 1.29 is 9.53 Å². The molecule has 1 saturated heterocycles. The zero-order valence-electron chi connectivity index (χ0n) is 11.1. The van der Waals surface area contributed by atoms with Crippen LogP contribution in [0.4, 0.5) is 0 Å². The minimum absolute atomic E-state index is 0.184. The summed E-state index contributed by atoms with van der Waals surface area (Å²) in [5.74, 6) is 5.03. The molecule has 0 bridgehead atoms. The Kier molecular flexibility index (Phi) is 5.32. The van der Waals surface area contributed by atoms with Gasteiger partial charge in [0.15, 0.2) is 0 Å². The molecule has 100 valence electrons. The molecule has 0 aromatic rings. The van der Waals surface area contributed by atoms with Crippen LogP contribution in [0.3, 0.4) is 0 Å². The summed E-state index contributed by atoms with van der Waals surface area (Å²) in [6.45, 7) is 6.39. The van der Waals surface area contributed by atoms with Gasteiger partial charge < -0.3 is 4.74 Å². The number of ether oxygens (including phenoxy) is 1. The molecule has 17 heavy (non-hydrogen) atoms. The van der Waals surface area contributed by atoms with E-state index in [2.05, 4.69) is 36.1 Å². The molecule has 1 rings (SSSR count). The Morgan fingerprint density at radius 2 is 2.00 bits per heavy atom. The van der Waals surface area contributed by atoms with Crippen molar-refractivity contribution in [1.29, 1.82) is 0 Å². The van der Waals surface area contributed by atoms with Crippen LogP contribution in [0.15, 0.2) is 0 Å². The van der Waals surface area contributed by atoms with Crippen LogP contribution in [-0.2, 0) is 9.53 Å². The van der Waals surface area contributed by atoms with Crippen molar-refractivity contribution in [1.82, 2.24) is 15.2 Å². The van der Waals surface area contributed by atoms with Gasteiger partial charge in [-0.05, 0) is 20.9 Å². The van der Waals surface area contributed by atoms with E-state index in [0.29, 0.717) is 18.7 Å². The highest BCUT2D eigenvalue weighted by Crippen LogP contribution is 2.16. The number of carbonyl (C=O) groups excluding carboxylic acids is 1. The second-order valence-corrected chi connectivity index (χ2v) is 4.80. The third-order valence-corrected chi connectivity index (χ3v) is 3.60. The lowest BCUT2D eigenvalue weighted by molar-refractivity contribution is -0.130. The van der Waals surface area contributed by atoms with Gasteiger partial charge in [0.2, 0.25) is 0 Å². The maximum Gasteiger partial charge on any atom is 0.253 e. The lowest BCUT2D eigenvalue weighted by atomic mass is 10.1. The van der Waals surface area contributed by atoms with Crippen molar-refractivity contribution in [2.75, 3.05) is 33.9 Å². The third kappa shape index (κ3) is 3.38. The monoisotopic (exact) mass is 244 g/mol. The van der Waals surface area contributed by atoms with Gasteiger partial charge in [-0.3, -0.25) is 20.0 Å². The second kappa shape index (κ2) is 6.30. The van der Waals surface area contributed by atoms with Crippen molar-refractivity contribution in [3.8, 4) is 0 Å². The van der Waals surface area contributed by atoms with Gasteiger partial charge in [0, 0.05) is 32.3 Å². The molecule has 6 nitrogen and oxygen atoms in total. The molecule has 0 aliphatic carbocycles. The number of hydrogen-bond donors (Lipinski definition) is 2. The number of nitrogens with two attached hydrogens (primary N) is 1. The molecule has 0 aromatic heterocycles. The summed E-state index contributed by atoms with van der Waals surface area (Å²) in [5.41, 5.74) is 2.21. The molecule has 0 radical (unpaired) electrons. The first-order chi connectivity index (χ1) is 8.01. The molecule has 1 amide bonds. The first-order valence-corrected chi connectivity index (χ1v) is 5.96. The molecular formula is C11H24N4O2. The van der Waals surface area contributed by atoms with Gasteiger partial charge in [0.1, 0.15) is 6.04 Å². The van der Waals surface area contributed by atoms with E-state index in [0.717, 1.165) is 13.1 Å². The summed E-state index contributed by atoms with van der Waals surface area (Å²) >= 11 is 0. The van der Waals surface area contributed by atoms with Crippen molar-refractivity contribution in [2.24, 2.45) is 5.84 Å². The maximum atomic E-state index is 11.7. The van der Waals surface area contributed by atoms with Gasteiger partial charge in [-0.2, -0.15) is 0 Å². The molecule has 6 heteroatoms. The van der Waals surface area contributed by atoms with E-state index in [1.54, 1.807) is 7.11 Å². The van der Waals surface area contributed by atoms with Crippen LogP contribution in [0, 0.1) is 0 Å². The van der Waals surface area contributed by atoms with E-state index in [9.17, 15) is 4.79 Å². The molecule has 3 atom stereocenters. The van der Waals surface area contributed by atoms with Crippen LogP contribution in [-0.4, -0.2) is 67.7 Å². The van der Waals surface area contributed by atoms with Crippen LogP contribution in [0.2, 0.25) is 0 Å². The Morgan fingerprint density at radius 3 is 2.41 bits per heavy atom. The van der Waals surface area contributed by atoms with E-state index in [-0.39, 0.29) is 11.9 Å². The van der Waals surface area contributed by atoms with Crippen LogP contribution >= 0.6 is 0 Å². The van der Waals surface area contributed by atoms with Gasteiger partial charge in [0.25, 0.3) is 5.91 Å². The number of nitrogens with one attached hydrogen (secondary N) is 1. The zero-order valence-corrected chi connectivity index (χ0v) is 11.1. The van der Waals surface area contributed by atoms with Crippen molar-refractivity contribution in [3.05, 3.63) is 0 Å². The summed E-state index contributed by atoms with van der Waals surface area (Å²) < 4.78 is 5.11. The van der Waals surface area contributed by atoms with Gasteiger partial charge in [-0.25, -0.2) is 5.84 Å². The molecular weight excluding hydrogens is 220 g/mol. The number of amides is 1. The van der Waals surface area contributed by atoms with Gasteiger partial charge in [-0.15, -0.1) is 0 Å². The average molecular weight is 244 g/mol. The van der Waals surface area contributed by atoms with Crippen LogP contribution < -0.4 is 11.3 Å². The number of likely N-dealkylation sites (N-methyl/N-ethyl adjacent to an activating group) is 1. The quantitative estimate of drug-likeness (QED) is 0.378. The Bertz CT molecular complexity index is 250. The fraction of sp³-hybridized carbons (Fsp3) is 0.909. The molecule has 3 unspecified atom stereocenters. The number of nitrogens with zero attached hydrogens (tertiary/aromatic N) is 2. The molecule has 0 saturated carbocycles. The normalized spacial score (nSPS) is 29.0. The number of carbonyl (C=O) groups is 1. The number of hydrogen-bond acceptors (Lipinski definition) is 5. The predicted octanol–water partition coefficient (Wildman–Crippen LogP) is -0.984. The van der Waals surface area contributed by atoms with Crippen molar-refractivity contribution in [3.63, 3.8) is 0 Å². The zero-order chi connectivity index (χ0) is 13.0. The molecule has 3 N–H and O–H groups in total. The lowest BCUT2D eigenvalue weighted by Gasteiger charge is -2.44. The minimum atomic E-state index is -0.302. The van der Waals surface area contributed by atoms with E-state index < -0.39 is 0 Å². The van der Waals surface area contributed by atoms with Gasteiger partial charge >= 0.3 is 0 Å². The molecule has 0 aromatic carbocycles. The van der Waals surface area contributed by atoms with Crippen LogP contribution in [0.5, 0.6) is 0 Å². The molecule has 1 aliphatic rings. The number of piperazine rings is 1. The summed E-state index contributed by atoms with van der Waals surface area (Å²) in [7, 11) is 3.71. The Labute approximate surface area is 103 Å². The summed E-state index contributed by atoms with van der Waals surface area (Å²) in [6, 6.07) is 0.538. The van der Waals surface area contributed by atoms with Crippen molar-refractivity contribution >= 4 is 5.91 Å². The number of methoxy groups -OCH3 is 1. The highest BCUT2D eigenvalue weighted by Gasteiger charge is 2.33. The average Bonchev–Trinajstić information content (AvgIpc) is 2.31. The van der Waals surface area contributed by atoms with Gasteiger partial charge in [-0.1, -0.05) is 0 Å². The maximum absolute atomic E-state index is 11.7. The smallest absolute Gasteiger partial charge is 0.253 e. The first kappa shape index (κ1) is 14.4. The van der Waals surface area contributed by atoms with E-state index in [1.165, 1.54) is 0 Å². The summed E-state index contributed by atoms with van der Waals surface area (Å²) in [5, 5.41) is 0. The topological polar surface area (TPSA) is 70.8 Å². The highest BCUT2D eigenvalue weighted by molar-refractivity contribution is 5.81. The highest BCUT2D eigenvalue weighted by atomic mass is 16.5. The van der Waals surface area contributed by atoms with E-state index in [4.69, 9.17) is 10.6 Å². The number of hydrazine groups is 1. The largest absolute Gasteiger partial charge is 0.383 e. The second-order valence-electron chi connectivity index (χ2n) is 4.80. The Morgan fingerprint density at radius 1 is 1.47 bits per heavy atom. The minimum Gasteiger partial charge on any atom is -0.383 e. The van der Waals surface area contributed by atoms with Crippen LogP contribution in [0.1, 0.15) is 13.8 Å².